The number of carbonyl (C=O) groups is 4. The summed E-state index contributed by atoms with van der Waals surface area (Å²) in [6.07, 6.45) is 6.82. The second-order valence-electron chi connectivity index (χ2n) is 8.12. The van der Waals surface area contributed by atoms with Crippen LogP contribution < -0.4 is 5.32 Å². The number of likely N-dealkylation sites (tertiary alicyclic amines) is 1. The smallest absolute Gasteiger partial charge is 0.341 e. The van der Waals surface area contributed by atoms with Crippen molar-refractivity contribution in [2.75, 3.05) is 6.54 Å². The zero-order valence-corrected chi connectivity index (χ0v) is 19.6. The number of esters is 1. The minimum Gasteiger partial charge on any atom is -0.480 e. The molecule has 0 spiro atoms. The normalized spacial score (nSPS) is 21.2. The lowest BCUT2D eigenvalue weighted by atomic mass is 9.92. The van der Waals surface area contributed by atoms with Gasteiger partial charge in [-0.3, -0.25) is 14.6 Å². The number of aromatic nitrogens is 1. The average Bonchev–Trinajstić information content (AvgIpc) is 3.25. The first kappa shape index (κ1) is 25.0. The van der Waals surface area contributed by atoms with E-state index in [-0.39, 0.29) is 27.9 Å². The number of amides is 2. The number of carboxylic acid groups (broad SMARTS) is 1. The summed E-state index contributed by atoms with van der Waals surface area (Å²) in [5.74, 6) is -2.45. The van der Waals surface area contributed by atoms with Gasteiger partial charge in [0.05, 0.1) is 15.6 Å². The molecule has 1 fully saturated rings. The zero-order valence-electron chi connectivity index (χ0n) is 18.1. The third kappa shape index (κ3) is 6.23. The Bertz CT molecular complexity index is 963. The molecule has 2 amide bonds. The monoisotopic (exact) mass is 497 g/mol. The topological polar surface area (TPSA) is 126 Å². The summed E-state index contributed by atoms with van der Waals surface area (Å²) in [5.41, 5.74) is 0.910. The Balaban J connectivity index is 1.57. The van der Waals surface area contributed by atoms with Gasteiger partial charge >= 0.3 is 11.9 Å². The first-order valence-electron chi connectivity index (χ1n) is 10.7. The number of hydrogen-bond donors (Lipinski definition) is 2. The fraction of sp³-hybridized carbons (Fsp3) is 0.500. The van der Waals surface area contributed by atoms with Crippen molar-refractivity contribution in [3.05, 3.63) is 39.7 Å². The number of nitrogens with zero attached hydrogens (tertiary/aromatic N) is 2. The minimum atomic E-state index is -1.15. The molecule has 178 valence electrons. The third-order valence-corrected chi connectivity index (χ3v) is 6.40. The molecule has 1 aliphatic carbocycles. The lowest BCUT2D eigenvalue weighted by Crippen LogP contribution is -2.50. The van der Waals surface area contributed by atoms with E-state index in [1.54, 1.807) is 0 Å². The highest BCUT2D eigenvalue weighted by Gasteiger charge is 2.35. The number of nitrogens with one attached hydrogen (secondary N) is 1. The molecule has 0 bridgehead atoms. The molecular weight excluding hydrogens is 473 g/mol. The van der Waals surface area contributed by atoms with E-state index in [2.05, 4.69) is 10.3 Å². The van der Waals surface area contributed by atoms with Crippen molar-refractivity contribution in [1.82, 2.24) is 15.2 Å². The van der Waals surface area contributed by atoms with Gasteiger partial charge in [0.2, 0.25) is 11.8 Å². The molecule has 2 N–H and O–H groups in total. The molecule has 1 aromatic heterocycles. The molecule has 3 rings (SSSR count). The fourth-order valence-electron chi connectivity index (χ4n) is 4.12. The number of hydrogen-bond acceptors (Lipinski definition) is 6. The van der Waals surface area contributed by atoms with Crippen molar-refractivity contribution in [2.24, 2.45) is 0 Å². The number of carbonyl (C=O) groups excluding carboxylic acids is 3. The van der Waals surface area contributed by atoms with E-state index >= 15 is 0 Å². The van der Waals surface area contributed by atoms with Gasteiger partial charge in [0, 0.05) is 32.3 Å². The van der Waals surface area contributed by atoms with Gasteiger partial charge in [0.25, 0.3) is 0 Å². The second-order valence-corrected chi connectivity index (χ2v) is 8.93. The van der Waals surface area contributed by atoms with Gasteiger partial charge in [0.1, 0.15) is 18.2 Å². The van der Waals surface area contributed by atoms with Crippen LogP contribution in [0.5, 0.6) is 0 Å². The van der Waals surface area contributed by atoms with Crippen LogP contribution in [0.3, 0.4) is 0 Å². The van der Waals surface area contributed by atoms with Gasteiger partial charge in [0.15, 0.2) is 0 Å². The molecule has 1 saturated heterocycles. The van der Waals surface area contributed by atoms with E-state index in [1.807, 2.05) is 6.08 Å². The maximum atomic E-state index is 12.6. The van der Waals surface area contributed by atoms with E-state index in [9.17, 15) is 24.3 Å². The zero-order chi connectivity index (χ0) is 24.1. The highest BCUT2D eigenvalue weighted by Crippen LogP contribution is 2.28. The molecule has 1 aromatic rings. The molecule has 2 heterocycles. The number of rotatable bonds is 7. The van der Waals surface area contributed by atoms with Gasteiger partial charge in [-0.1, -0.05) is 34.9 Å². The molecule has 33 heavy (non-hydrogen) atoms. The Morgan fingerprint density at radius 3 is 2.52 bits per heavy atom. The highest BCUT2D eigenvalue weighted by molar-refractivity contribution is 6.39. The molecule has 0 radical (unpaired) electrons. The quantitative estimate of drug-likeness (QED) is 0.437. The molecular formula is C22H25Cl2N3O6. The van der Waals surface area contributed by atoms with Crippen LogP contribution in [0.1, 0.15) is 55.8 Å². The summed E-state index contributed by atoms with van der Waals surface area (Å²) >= 11 is 12.0. The van der Waals surface area contributed by atoms with Crippen LogP contribution in [0.25, 0.3) is 0 Å². The predicted molar refractivity (Wildman–Crippen MR) is 120 cm³/mol. The Kier molecular flexibility index (Phi) is 8.31. The maximum Gasteiger partial charge on any atom is 0.341 e. The van der Waals surface area contributed by atoms with E-state index in [0.29, 0.717) is 38.6 Å². The Morgan fingerprint density at radius 1 is 1.24 bits per heavy atom. The molecule has 9 nitrogen and oxygen atoms in total. The van der Waals surface area contributed by atoms with Crippen molar-refractivity contribution in [1.29, 1.82) is 0 Å². The summed E-state index contributed by atoms with van der Waals surface area (Å²) in [5, 5.41) is 12.4. The number of halogens is 2. The van der Waals surface area contributed by atoms with E-state index < -0.39 is 36.0 Å². The molecule has 11 heteroatoms. The summed E-state index contributed by atoms with van der Waals surface area (Å²) in [6, 6.07) is -1.74. The number of aliphatic carboxylic acids is 1. The van der Waals surface area contributed by atoms with Crippen molar-refractivity contribution in [3.63, 3.8) is 0 Å². The van der Waals surface area contributed by atoms with Crippen LogP contribution in [0.2, 0.25) is 10.0 Å². The molecule has 0 aromatic carbocycles. The van der Waals surface area contributed by atoms with Crippen LogP contribution in [0.4, 0.5) is 0 Å². The van der Waals surface area contributed by atoms with Gasteiger partial charge in [-0.15, -0.1) is 0 Å². The van der Waals surface area contributed by atoms with Crippen LogP contribution in [-0.4, -0.2) is 63.5 Å². The molecule has 3 unspecified atom stereocenters. The molecule has 1 aliphatic heterocycles. The number of ether oxygens (including phenoxy) is 1. The first-order valence-corrected chi connectivity index (χ1v) is 11.4. The SMILES string of the molecule is CC(=O)N1CCCC1C(=O)NC(CC1=CCC(OC(=O)c2c(Cl)cncc2Cl)CC1)C(=O)O. The van der Waals surface area contributed by atoms with Gasteiger partial charge in [-0.25, -0.2) is 9.59 Å². The predicted octanol–water partition coefficient (Wildman–Crippen LogP) is 2.99. The summed E-state index contributed by atoms with van der Waals surface area (Å²) in [6.45, 7) is 1.89. The first-order chi connectivity index (χ1) is 15.7. The average molecular weight is 498 g/mol. The van der Waals surface area contributed by atoms with Gasteiger partial charge in [-0.2, -0.15) is 0 Å². The standard InChI is InChI=1S/C22H25Cl2N3O6/c1-12(28)27-8-2-3-18(27)20(29)26-17(21(30)31)9-13-4-6-14(7-5-13)33-22(32)19-15(23)10-25-11-16(19)24/h4,10-11,14,17-18H,2-3,5-9H2,1H3,(H,26,29)(H,30,31). The fourth-order valence-corrected chi connectivity index (χ4v) is 4.64. The highest BCUT2D eigenvalue weighted by atomic mass is 35.5. The Labute approximate surface area is 201 Å². The van der Waals surface area contributed by atoms with Crippen LogP contribution in [-0.2, 0) is 19.1 Å². The van der Waals surface area contributed by atoms with Crippen LogP contribution >= 0.6 is 23.2 Å². The molecule has 0 saturated carbocycles. The van der Waals surface area contributed by atoms with Crippen molar-refractivity contribution in [3.8, 4) is 0 Å². The van der Waals surface area contributed by atoms with Crippen molar-refractivity contribution in [2.45, 2.75) is 63.6 Å². The largest absolute Gasteiger partial charge is 0.480 e. The van der Waals surface area contributed by atoms with Gasteiger partial charge in [-0.05, 0) is 32.1 Å². The second kappa shape index (κ2) is 11.0. The number of carboxylic acids is 1. The molecule has 2 aliphatic rings. The summed E-state index contributed by atoms with van der Waals surface area (Å²) in [7, 11) is 0. The Morgan fingerprint density at radius 2 is 1.94 bits per heavy atom. The van der Waals surface area contributed by atoms with Crippen molar-refractivity contribution >= 4 is 47.0 Å². The maximum absolute atomic E-state index is 12.6. The van der Waals surface area contributed by atoms with E-state index in [0.717, 1.165) is 5.57 Å². The van der Waals surface area contributed by atoms with Crippen LogP contribution in [0.15, 0.2) is 24.0 Å². The third-order valence-electron chi connectivity index (χ3n) is 5.83. The van der Waals surface area contributed by atoms with Crippen molar-refractivity contribution < 1.29 is 29.0 Å². The molecule has 3 atom stereocenters. The lowest BCUT2D eigenvalue weighted by Gasteiger charge is -2.26. The van der Waals surface area contributed by atoms with E-state index in [1.165, 1.54) is 24.2 Å². The summed E-state index contributed by atoms with van der Waals surface area (Å²) in [4.78, 5) is 53.8. The van der Waals surface area contributed by atoms with E-state index in [4.69, 9.17) is 27.9 Å². The van der Waals surface area contributed by atoms with Gasteiger partial charge < -0.3 is 20.1 Å². The van der Waals surface area contributed by atoms with Crippen LogP contribution in [0, 0.1) is 0 Å². The lowest BCUT2D eigenvalue weighted by molar-refractivity contribution is -0.143. The Hall–Kier alpha value is -2.65. The minimum absolute atomic E-state index is 0.0586. The number of pyridine rings is 1. The summed E-state index contributed by atoms with van der Waals surface area (Å²) < 4.78 is 5.50.